The third kappa shape index (κ3) is 3.49. The van der Waals surface area contributed by atoms with Crippen LogP contribution < -0.4 is 0 Å². The van der Waals surface area contributed by atoms with Crippen LogP contribution in [0.15, 0.2) is 12.2 Å². The maximum Gasteiger partial charge on any atom is 0.0930 e. The lowest BCUT2D eigenvalue weighted by Gasteiger charge is -2.53. The Morgan fingerprint density at radius 1 is 1.06 bits per heavy atom. The number of ether oxygens (including phenoxy) is 1. The average molecular weight is 429 g/mol. The minimum absolute atomic E-state index is 0.0940. The van der Waals surface area contributed by atoms with Crippen molar-refractivity contribution in [3.05, 3.63) is 12.2 Å². The molecule has 1 N–H and O–H groups in total. The van der Waals surface area contributed by atoms with Crippen molar-refractivity contribution in [2.75, 3.05) is 6.61 Å². The first-order chi connectivity index (χ1) is 14.5. The maximum absolute atomic E-state index is 10.5. The van der Waals surface area contributed by atoms with Crippen molar-refractivity contribution < 1.29 is 9.84 Å². The van der Waals surface area contributed by atoms with Gasteiger partial charge in [0.25, 0.3) is 0 Å². The van der Waals surface area contributed by atoms with Crippen LogP contribution in [0.25, 0.3) is 0 Å². The lowest BCUT2D eigenvalue weighted by Crippen LogP contribution is -2.45. The van der Waals surface area contributed by atoms with E-state index >= 15 is 0 Å². The van der Waals surface area contributed by atoms with E-state index in [-0.39, 0.29) is 11.0 Å². The topological polar surface area (TPSA) is 32.8 Å². The molecule has 5 aliphatic rings. The highest BCUT2D eigenvalue weighted by atomic mass is 16.6. The standard InChI is InChI=1S/C29H48O2/c1-19(2)7-8-21-9-12-28(24(21)17-30)13-14-29(18-28)15-20(3)22-16-26(4,5)23(22)10-11-27(6)25(29)31-27/h19,21-25,30H,3,7-18H2,1-2,4-6H3/t21-,22-,23-,24+,25-,27-,28-,29+/m1/s1. The van der Waals surface area contributed by atoms with E-state index in [9.17, 15) is 5.11 Å². The van der Waals surface area contributed by atoms with E-state index < -0.39 is 0 Å². The van der Waals surface area contributed by atoms with Crippen LogP contribution >= 0.6 is 0 Å². The Morgan fingerprint density at radius 2 is 1.81 bits per heavy atom. The van der Waals surface area contributed by atoms with E-state index in [1.165, 1.54) is 76.2 Å². The fraction of sp³-hybridized carbons (Fsp3) is 0.931. The minimum Gasteiger partial charge on any atom is -0.396 e. The van der Waals surface area contributed by atoms with E-state index in [0.29, 0.717) is 29.5 Å². The number of fused-ring (bicyclic) bond motifs is 3. The molecule has 0 aromatic heterocycles. The summed E-state index contributed by atoms with van der Waals surface area (Å²) < 4.78 is 6.62. The molecule has 5 rings (SSSR count). The number of hydrogen-bond acceptors (Lipinski definition) is 2. The molecule has 5 fully saturated rings. The summed E-state index contributed by atoms with van der Waals surface area (Å²) in [6, 6.07) is 0. The summed E-state index contributed by atoms with van der Waals surface area (Å²) in [6.45, 7) is 17.1. The van der Waals surface area contributed by atoms with Gasteiger partial charge < -0.3 is 9.84 Å². The van der Waals surface area contributed by atoms with Gasteiger partial charge in [-0.15, -0.1) is 0 Å². The highest BCUT2D eigenvalue weighted by Crippen LogP contribution is 2.71. The fourth-order valence-electron chi connectivity index (χ4n) is 9.46. The van der Waals surface area contributed by atoms with Crippen LogP contribution in [0.3, 0.4) is 0 Å². The second kappa shape index (κ2) is 7.33. The molecule has 176 valence electrons. The van der Waals surface area contributed by atoms with Gasteiger partial charge in [0.2, 0.25) is 0 Å². The van der Waals surface area contributed by atoms with E-state index in [0.717, 1.165) is 23.7 Å². The van der Waals surface area contributed by atoms with Crippen molar-refractivity contribution >= 4 is 0 Å². The third-order valence-corrected chi connectivity index (χ3v) is 11.2. The van der Waals surface area contributed by atoms with Gasteiger partial charge in [0, 0.05) is 12.0 Å². The van der Waals surface area contributed by atoms with Crippen molar-refractivity contribution in [2.24, 2.45) is 45.8 Å². The summed E-state index contributed by atoms with van der Waals surface area (Å²) in [5.74, 6) is 3.53. The van der Waals surface area contributed by atoms with Crippen LogP contribution in [0, 0.1) is 45.8 Å². The summed E-state index contributed by atoms with van der Waals surface area (Å²) in [5, 5.41) is 10.5. The molecule has 4 saturated carbocycles. The lowest BCUT2D eigenvalue weighted by molar-refractivity contribution is -0.00599. The molecule has 8 atom stereocenters. The van der Waals surface area contributed by atoms with Gasteiger partial charge >= 0.3 is 0 Å². The number of aliphatic hydroxyl groups excluding tert-OH is 1. The average Bonchev–Trinajstić information content (AvgIpc) is 3.06. The second-order valence-corrected chi connectivity index (χ2v) is 14.1. The summed E-state index contributed by atoms with van der Waals surface area (Å²) in [5.41, 5.74) is 2.74. The Morgan fingerprint density at radius 3 is 2.48 bits per heavy atom. The molecule has 0 bridgehead atoms. The van der Waals surface area contributed by atoms with Gasteiger partial charge in [0.15, 0.2) is 0 Å². The predicted octanol–water partition coefficient (Wildman–Crippen LogP) is 7.16. The lowest BCUT2D eigenvalue weighted by atomic mass is 9.51. The molecule has 4 aliphatic carbocycles. The number of epoxide rings is 1. The minimum atomic E-state index is 0.0940. The number of rotatable bonds is 4. The van der Waals surface area contributed by atoms with Gasteiger partial charge in [-0.25, -0.2) is 0 Å². The van der Waals surface area contributed by atoms with Crippen molar-refractivity contribution in [3.63, 3.8) is 0 Å². The van der Waals surface area contributed by atoms with Gasteiger partial charge in [0.1, 0.15) is 0 Å². The molecule has 0 radical (unpaired) electrons. The van der Waals surface area contributed by atoms with Gasteiger partial charge in [-0.2, -0.15) is 0 Å². The molecule has 2 heteroatoms. The number of aliphatic hydroxyl groups is 1. The van der Waals surface area contributed by atoms with Crippen molar-refractivity contribution in [2.45, 2.75) is 117 Å². The van der Waals surface area contributed by atoms with Crippen LogP contribution in [0.2, 0.25) is 0 Å². The van der Waals surface area contributed by atoms with E-state index in [2.05, 4.69) is 34.6 Å². The Bertz CT molecular complexity index is 724. The predicted molar refractivity (Wildman–Crippen MR) is 128 cm³/mol. The van der Waals surface area contributed by atoms with Gasteiger partial charge in [-0.3, -0.25) is 0 Å². The Balaban J connectivity index is 1.38. The first kappa shape index (κ1) is 22.5. The molecule has 31 heavy (non-hydrogen) atoms. The van der Waals surface area contributed by atoms with Crippen molar-refractivity contribution in [1.82, 2.24) is 0 Å². The van der Waals surface area contributed by atoms with Crippen LogP contribution in [0.4, 0.5) is 0 Å². The molecule has 1 heterocycles. The fourth-order valence-corrected chi connectivity index (χ4v) is 9.46. The zero-order valence-corrected chi connectivity index (χ0v) is 21.0. The molecule has 0 unspecified atom stereocenters. The van der Waals surface area contributed by atoms with Gasteiger partial charge in [0.05, 0.1) is 11.7 Å². The van der Waals surface area contributed by atoms with Crippen LogP contribution in [-0.4, -0.2) is 23.4 Å². The van der Waals surface area contributed by atoms with Crippen molar-refractivity contribution in [3.8, 4) is 0 Å². The molecule has 0 amide bonds. The molecule has 2 spiro atoms. The first-order valence-corrected chi connectivity index (χ1v) is 13.5. The third-order valence-electron chi connectivity index (χ3n) is 11.2. The van der Waals surface area contributed by atoms with Crippen LogP contribution in [0.1, 0.15) is 105 Å². The summed E-state index contributed by atoms with van der Waals surface area (Å²) in [7, 11) is 0. The van der Waals surface area contributed by atoms with Gasteiger partial charge in [-0.05, 0) is 112 Å². The summed E-state index contributed by atoms with van der Waals surface area (Å²) in [4.78, 5) is 0. The molecular weight excluding hydrogens is 380 g/mol. The summed E-state index contributed by atoms with van der Waals surface area (Å²) >= 11 is 0. The second-order valence-electron chi connectivity index (χ2n) is 14.1. The molecule has 1 saturated heterocycles. The first-order valence-electron chi connectivity index (χ1n) is 13.5. The SMILES string of the molecule is C=C1C[C@]2(CC[C@]3(CC[C@@H](CCC(C)C)[C@@H]3CO)C2)[C@@H]2O[C@]2(C)CC[C@@H]2[C@@H]1CC2(C)C. The molecular formula is C29H48O2. The quantitative estimate of drug-likeness (QED) is 0.381. The van der Waals surface area contributed by atoms with E-state index in [4.69, 9.17) is 11.3 Å². The normalized spacial score (nSPS) is 50.7. The Kier molecular flexibility index (Phi) is 5.31. The maximum atomic E-state index is 10.5. The van der Waals surface area contributed by atoms with Crippen LogP contribution in [0.5, 0.6) is 0 Å². The highest BCUT2D eigenvalue weighted by molar-refractivity contribution is 5.24. The number of hydrogen-bond donors (Lipinski definition) is 1. The van der Waals surface area contributed by atoms with E-state index in [1.807, 2.05) is 0 Å². The largest absolute Gasteiger partial charge is 0.396 e. The Hall–Kier alpha value is -0.340. The molecule has 1 aliphatic heterocycles. The van der Waals surface area contributed by atoms with Crippen LogP contribution in [-0.2, 0) is 4.74 Å². The van der Waals surface area contributed by atoms with Gasteiger partial charge in [-0.1, -0.05) is 46.3 Å². The zero-order valence-electron chi connectivity index (χ0n) is 21.0. The molecule has 0 aromatic carbocycles. The highest BCUT2D eigenvalue weighted by Gasteiger charge is 2.69. The van der Waals surface area contributed by atoms with Crippen molar-refractivity contribution in [1.29, 1.82) is 0 Å². The number of allylic oxidation sites excluding steroid dienone is 1. The monoisotopic (exact) mass is 428 g/mol. The zero-order chi connectivity index (χ0) is 22.2. The Labute approximate surface area is 191 Å². The molecule has 0 aromatic rings. The summed E-state index contributed by atoms with van der Waals surface area (Å²) in [6.07, 6.45) is 14.6. The smallest absolute Gasteiger partial charge is 0.0930 e. The molecule has 2 nitrogen and oxygen atoms in total. The van der Waals surface area contributed by atoms with E-state index in [1.54, 1.807) is 0 Å².